The second-order valence-corrected chi connectivity index (χ2v) is 4.65. The molecule has 0 bridgehead atoms. The summed E-state index contributed by atoms with van der Waals surface area (Å²) in [5.41, 5.74) is 4.87. The zero-order valence-electron chi connectivity index (χ0n) is 11.1. The van der Waals surface area contributed by atoms with Crippen LogP contribution in [0.15, 0.2) is 6.07 Å². The molecule has 1 aromatic heterocycles. The summed E-state index contributed by atoms with van der Waals surface area (Å²) in [5.74, 6) is -1.48. The number of aromatic carboxylic acids is 1. The van der Waals surface area contributed by atoms with Gasteiger partial charge in [-0.05, 0) is 12.3 Å². The van der Waals surface area contributed by atoms with E-state index in [9.17, 15) is 14.4 Å². The molecular formula is C11H17N5O4. The number of carbonyl (C=O) groups excluding carboxylic acids is 2. The number of nitrogens with zero attached hydrogens (tertiary/aromatic N) is 1. The third-order valence-corrected chi connectivity index (χ3v) is 2.40. The van der Waals surface area contributed by atoms with Gasteiger partial charge in [-0.25, -0.2) is 9.59 Å². The number of urea groups is 1. The van der Waals surface area contributed by atoms with Gasteiger partial charge in [0.2, 0.25) is 5.91 Å². The Kier molecular flexibility index (Phi) is 5.07. The van der Waals surface area contributed by atoms with E-state index in [-0.39, 0.29) is 17.4 Å². The van der Waals surface area contributed by atoms with Crippen LogP contribution in [-0.2, 0) is 4.79 Å². The Hall–Kier alpha value is -2.58. The molecule has 0 aromatic carbocycles. The molecule has 1 rings (SSSR count). The molecule has 1 heterocycles. The van der Waals surface area contributed by atoms with Crippen LogP contribution in [0.25, 0.3) is 0 Å². The lowest BCUT2D eigenvalue weighted by Crippen LogP contribution is -2.46. The van der Waals surface area contributed by atoms with Crippen molar-refractivity contribution in [1.82, 2.24) is 15.5 Å². The number of H-pyrrole nitrogens is 1. The maximum atomic E-state index is 12.0. The second-order valence-electron chi connectivity index (χ2n) is 4.65. The van der Waals surface area contributed by atoms with Crippen molar-refractivity contribution in [2.75, 3.05) is 5.32 Å². The van der Waals surface area contributed by atoms with E-state index < -0.39 is 23.9 Å². The summed E-state index contributed by atoms with van der Waals surface area (Å²) < 4.78 is 0. The minimum Gasteiger partial charge on any atom is -0.477 e. The SMILES string of the molecule is CC(C)CC(NC(N)=O)C(=O)Nc1cc(C(=O)O)[nH]n1. The topological polar surface area (TPSA) is 150 Å². The Bertz CT molecular complexity index is 511. The number of carboxylic acids is 1. The first-order valence-electron chi connectivity index (χ1n) is 5.95. The Morgan fingerprint density at radius 1 is 1.45 bits per heavy atom. The van der Waals surface area contributed by atoms with Crippen LogP contribution in [0.4, 0.5) is 10.6 Å². The molecule has 6 N–H and O–H groups in total. The fourth-order valence-electron chi connectivity index (χ4n) is 1.58. The third kappa shape index (κ3) is 4.59. The lowest BCUT2D eigenvalue weighted by Gasteiger charge is -2.18. The van der Waals surface area contributed by atoms with Crippen LogP contribution in [0, 0.1) is 5.92 Å². The molecule has 1 aromatic rings. The normalized spacial score (nSPS) is 11.9. The van der Waals surface area contributed by atoms with Crippen LogP contribution >= 0.6 is 0 Å². The number of hydrogen-bond donors (Lipinski definition) is 5. The van der Waals surface area contributed by atoms with Crippen molar-refractivity contribution < 1.29 is 19.5 Å². The molecule has 0 spiro atoms. The molecule has 9 nitrogen and oxygen atoms in total. The van der Waals surface area contributed by atoms with Crippen LogP contribution < -0.4 is 16.4 Å². The molecule has 3 amide bonds. The molecule has 9 heteroatoms. The zero-order valence-corrected chi connectivity index (χ0v) is 11.1. The number of anilines is 1. The fraction of sp³-hybridized carbons (Fsp3) is 0.455. The van der Waals surface area contributed by atoms with Gasteiger partial charge in [0.05, 0.1) is 0 Å². The first-order chi connectivity index (χ1) is 9.29. The second kappa shape index (κ2) is 6.55. The summed E-state index contributed by atoms with van der Waals surface area (Å²) in [6.07, 6.45) is 0.394. The summed E-state index contributed by atoms with van der Waals surface area (Å²) in [6, 6.07) is -0.437. The van der Waals surface area contributed by atoms with Gasteiger partial charge < -0.3 is 21.5 Å². The molecular weight excluding hydrogens is 266 g/mol. The van der Waals surface area contributed by atoms with Crippen LogP contribution in [0.2, 0.25) is 0 Å². The molecule has 0 aliphatic carbocycles. The third-order valence-electron chi connectivity index (χ3n) is 2.40. The van der Waals surface area contributed by atoms with Gasteiger partial charge >= 0.3 is 12.0 Å². The summed E-state index contributed by atoms with van der Waals surface area (Å²) in [4.78, 5) is 33.5. The van der Waals surface area contributed by atoms with E-state index in [1.165, 1.54) is 6.07 Å². The van der Waals surface area contributed by atoms with Crippen LogP contribution in [0.5, 0.6) is 0 Å². The highest BCUT2D eigenvalue weighted by molar-refractivity contribution is 5.97. The monoisotopic (exact) mass is 283 g/mol. The smallest absolute Gasteiger partial charge is 0.353 e. The van der Waals surface area contributed by atoms with Gasteiger partial charge in [-0.2, -0.15) is 5.10 Å². The average molecular weight is 283 g/mol. The van der Waals surface area contributed by atoms with Crippen LogP contribution in [-0.4, -0.2) is 39.3 Å². The summed E-state index contributed by atoms with van der Waals surface area (Å²) in [7, 11) is 0. The number of aromatic nitrogens is 2. The van der Waals surface area contributed by atoms with Gasteiger partial charge in [0.1, 0.15) is 11.7 Å². The predicted octanol–water partition coefficient (Wildman–Crippen LogP) is 0.129. The maximum Gasteiger partial charge on any atom is 0.353 e. The highest BCUT2D eigenvalue weighted by Crippen LogP contribution is 2.09. The van der Waals surface area contributed by atoms with Crippen molar-refractivity contribution in [3.8, 4) is 0 Å². The number of nitrogens with one attached hydrogen (secondary N) is 3. The standard InChI is InChI=1S/C11H17N5O4/c1-5(2)3-6(13-11(12)20)9(17)14-8-4-7(10(18)19)15-16-8/h4-6H,3H2,1-2H3,(H,18,19)(H3,12,13,20)(H2,14,15,16,17). The zero-order chi connectivity index (χ0) is 15.3. The number of rotatable bonds is 6. The highest BCUT2D eigenvalue weighted by atomic mass is 16.4. The van der Waals surface area contributed by atoms with E-state index in [1.807, 2.05) is 13.8 Å². The van der Waals surface area contributed by atoms with E-state index in [4.69, 9.17) is 10.8 Å². The Morgan fingerprint density at radius 3 is 2.55 bits per heavy atom. The Morgan fingerprint density at radius 2 is 2.10 bits per heavy atom. The van der Waals surface area contributed by atoms with Crippen LogP contribution in [0.1, 0.15) is 30.8 Å². The number of primary amides is 1. The molecule has 0 saturated heterocycles. The fourth-order valence-corrected chi connectivity index (χ4v) is 1.58. The Balaban J connectivity index is 2.73. The number of nitrogens with two attached hydrogens (primary N) is 1. The van der Waals surface area contributed by atoms with Gasteiger partial charge in [-0.15, -0.1) is 0 Å². The number of aromatic amines is 1. The summed E-state index contributed by atoms with van der Waals surface area (Å²) >= 11 is 0. The molecule has 0 radical (unpaired) electrons. The average Bonchev–Trinajstić information content (AvgIpc) is 2.75. The van der Waals surface area contributed by atoms with Gasteiger partial charge in [-0.1, -0.05) is 13.8 Å². The van der Waals surface area contributed by atoms with Crippen molar-refractivity contribution in [2.45, 2.75) is 26.3 Å². The van der Waals surface area contributed by atoms with Gasteiger partial charge in [0.15, 0.2) is 5.82 Å². The predicted molar refractivity (Wildman–Crippen MR) is 70.1 cm³/mol. The number of carbonyl (C=O) groups is 3. The lowest BCUT2D eigenvalue weighted by molar-refractivity contribution is -0.118. The summed E-state index contributed by atoms with van der Waals surface area (Å²) in [6.45, 7) is 3.78. The van der Waals surface area contributed by atoms with Crippen molar-refractivity contribution >= 4 is 23.7 Å². The largest absolute Gasteiger partial charge is 0.477 e. The molecule has 0 fully saturated rings. The highest BCUT2D eigenvalue weighted by Gasteiger charge is 2.22. The number of hydrogen-bond acceptors (Lipinski definition) is 4. The molecule has 1 atom stereocenters. The number of carboxylic acid groups (broad SMARTS) is 1. The van der Waals surface area contributed by atoms with E-state index in [0.29, 0.717) is 6.42 Å². The Labute approximate surface area is 114 Å². The summed E-state index contributed by atoms with van der Waals surface area (Å²) in [5, 5.41) is 19.4. The van der Waals surface area contributed by atoms with E-state index in [1.54, 1.807) is 0 Å². The molecule has 0 aliphatic rings. The molecule has 0 saturated carbocycles. The van der Waals surface area contributed by atoms with Crippen molar-refractivity contribution in [1.29, 1.82) is 0 Å². The van der Waals surface area contributed by atoms with Gasteiger partial charge in [0.25, 0.3) is 0 Å². The lowest BCUT2D eigenvalue weighted by atomic mass is 10.0. The van der Waals surface area contributed by atoms with E-state index in [0.717, 1.165) is 0 Å². The van der Waals surface area contributed by atoms with E-state index in [2.05, 4.69) is 20.8 Å². The van der Waals surface area contributed by atoms with Crippen LogP contribution in [0.3, 0.4) is 0 Å². The van der Waals surface area contributed by atoms with E-state index >= 15 is 0 Å². The maximum absolute atomic E-state index is 12.0. The molecule has 110 valence electrons. The minimum atomic E-state index is -1.19. The van der Waals surface area contributed by atoms with Gasteiger partial charge in [0, 0.05) is 6.07 Å². The minimum absolute atomic E-state index is 0.0624. The molecule has 1 unspecified atom stereocenters. The van der Waals surface area contributed by atoms with Crippen molar-refractivity contribution in [3.63, 3.8) is 0 Å². The van der Waals surface area contributed by atoms with Crippen molar-refractivity contribution in [2.24, 2.45) is 11.7 Å². The quantitative estimate of drug-likeness (QED) is 0.502. The first kappa shape index (κ1) is 15.5. The molecule has 20 heavy (non-hydrogen) atoms. The molecule has 0 aliphatic heterocycles. The van der Waals surface area contributed by atoms with Gasteiger partial charge in [-0.3, -0.25) is 9.89 Å². The number of amides is 3. The van der Waals surface area contributed by atoms with Crippen molar-refractivity contribution in [3.05, 3.63) is 11.8 Å². The first-order valence-corrected chi connectivity index (χ1v) is 5.95.